The zero-order valence-electron chi connectivity index (χ0n) is 12.2. The molecule has 0 aromatic carbocycles. The first-order chi connectivity index (χ1) is 10.3. The molecule has 3 rings (SSSR count). The first-order valence-corrected chi connectivity index (χ1v) is 8.25. The van der Waals surface area contributed by atoms with Crippen molar-refractivity contribution >= 4 is 17.2 Å². The number of hydrogen-bond acceptors (Lipinski definition) is 4. The fourth-order valence-corrected chi connectivity index (χ4v) is 3.88. The van der Waals surface area contributed by atoms with E-state index < -0.39 is 0 Å². The van der Waals surface area contributed by atoms with Crippen molar-refractivity contribution in [2.24, 2.45) is 0 Å². The third-order valence-electron chi connectivity index (χ3n) is 3.98. The van der Waals surface area contributed by atoms with Crippen molar-refractivity contribution in [2.75, 3.05) is 13.1 Å². The average molecular weight is 304 g/mol. The highest BCUT2D eigenvalue weighted by Crippen LogP contribution is 2.34. The van der Waals surface area contributed by atoms with Gasteiger partial charge in [-0.1, -0.05) is 6.92 Å². The van der Waals surface area contributed by atoms with E-state index in [2.05, 4.69) is 28.6 Å². The topological polar surface area (TPSA) is 45.5 Å². The molecule has 0 aliphatic carbocycles. The van der Waals surface area contributed by atoms with E-state index in [4.69, 9.17) is 4.42 Å². The number of nitrogens with one attached hydrogen (secondary N) is 1. The van der Waals surface area contributed by atoms with Gasteiger partial charge in [0.25, 0.3) is 0 Å². The normalized spacial score (nSPS) is 18.4. The van der Waals surface area contributed by atoms with Crippen LogP contribution in [-0.2, 0) is 17.8 Å². The van der Waals surface area contributed by atoms with Gasteiger partial charge in [0.05, 0.1) is 19.4 Å². The minimum absolute atomic E-state index is 0.0588. The molecule has 4 nitrogen and oxygen atoms in total. The number of thiophene rings is 1. The molecule has 0 radical (unpaired) electrons. The van der Waals surface area contributed by atoms with Crippen LogP contribution in [0.4, 0.5) is 0 Å². The predicted octanol–water partition coefficient (Wildman–Crippen LogP) is 2.97. The van der Waals surface area contributed by atoms with Crippen molar-refractivity contribution in [3.63, 3.8) is 0 Å². The zero-order chi connectivity index (χ0) is 14.7. The fraction of sp³-hybridized carbons (Fsp3) is 0.438. The molecule has 1 amide bonds. The molecule has 2 aromatic rings. The van der Waals surface area contributed by atoms with Gasteiger partial charge in [-0.05, 0) is 42.0 Å². The van der Waals surface area contributed by atoms with Crippen LogP contribution >= 0.6 is 11.3 Å². The molecule has 0 fully saturated rings. The first kappa shape index (κ1) is 14.4. The highest BCUT2D eigenvalue weighted by molar-refractivity contribution is 7.10. The molecular formula is C16H20N2O2S. The maximum absolute atomic E-state index is 12.1. The lowest BCUT2D eigenvalue weighted by Gasteiger charge is -2.34. The molecule has 1 aliphatic rings. The van der Waals surface area contributed by atoms with E-state index in [1.807, 2.05) is 23.5 Å². The summed E-state index contributed by atoms with van der Waals surface area (Å²) in [5.74, 6) is 0.845. The number of fused-ring (bicyclic) bond motifs is 1. The maximum atomic E-state index is 12.1. The highest BCUT2D eigenvalue weighted by atomic mass is 32.1. The maximum Gasteiger partial charge on any atom is 0.234 e. The van der Waals surface area contributed by atoms with Crippen LogP contribution in [0.15, 0.2) is 34.3 Å². The molecule has 0 spiro atoms. The van der Waals surface area contributed by atoms with Gasteiger partial charge in [-0.25, -0.2) is 0 Å². The number of hydrogen-bond donors (Lipinski definition) is 1. The lowest BCUT2D eigenvalue weighted by molar-refractivity contribution is -0.123. The number of carbonyl (C=O) groups excluding carboxylic acids is 1. The molecule has 3 heterocycles. The van der Waals surface area contributed by atoms with Gasteiger partial charge in [0, 0.05) is 17.5 Å². The molecule has 1 unspecified atom stereocenters. The van der Waals surface area contributed by atoms with Crippen molar-refractivity contribution in [3.05, 3.63) is 46.0 Å². The molecule has 1 aliphatic heterocycles. The number of amides is 1. The van der Waals surface area contributed by atoms with Crippen LogP contribution in [0.25, 0.3) is 0 Å². The molecular weight excluding hydrogens is 284 g/mol. The Morgan fingerprint density at radius 3 is 3.19 bits per heavy atom. The second-order valence-electron chi connectivity index (χ2n) is 5.30. The van der Waals surface area contributed by atoms with Crippen molar-refractivity contribution < 1.29 is 9.21 Å². The van der Waals surface area contributed by atoms with E-state index >= 15 is 0 Å². The summed E-state index contributed by atoms with van der Waals surface area (Å²) in [6.07, 6.45) is 3.71. The summed E-state index contributed by atoms with van der Waals surface area (Å²) in [6, 6.07) is 6.28. The standard InChI is InChI=1S/C16H20N2O2S/c1-2-14-13-6-9-21-15(13)5-7-18(14)11-16(19)17-10-12-4-3-8-20-12/h3-4,6,8-9,14H,2,5,7,10-11H2,1H3,(H,17,19). The SMILES string of the molecule is CCC1c2ccsc2CCN1CC(=O)NCc1ccco1. The second kappa shape index (κ2) is 6.45. The quantitative estimate of drug-likeness (QED) is 0.923. The van der Waals surface area contributed by atoms with E-state index in [-0.39, 0.29) is 5.91 Å². The van der Waals surface area contributed by atoms with Crippen molar-refractivity contribution in [1.29, 1.82) is 0 Å². The van der Waals surface area contributed by atoms with E-state index in [9.17, 15) is 4.79 Å². The summed E-state index contributed by atoms with van der Waals surface area (Å²) < 4.78 is 5.23. The molecule has 0 saturated heterocycles. The largest absolute Gasteiger partial charge is 0.467 e. The first-order valence-electron chi connectivity index (χ1n) is 7.37. The summed E-state index contributed by atoms with van der Waals surface area (Å²) in [6.45, 7) is 4.06. The summed E-state index contributed by atoms with van der Waals surface area (Å²) >= 11 is 1.83. The smallest absolute Gasteiger partial charge is 0.234 e. The summed E-state index contributed by atoms with van der Waals surface area (Å²) in [5.41, 5.74) is 1.41. The Morgan fingerprint density at radius 2 is 2.43 bits per heavy atom. The number of nitrogens with zero attached hydrogens (tertiary/aromatic N) is 1. The Balaban J connectivity index is 1.58. The van der Waals surface area contributed by atoms with Crippen LogP contribution in [0.5, 0.6) is 0 Å². The van der Waals surface area contributed by atoms with Gasteiger partial charge in [-0.15, -0.1) is 11.3 Å². The Bertz CT molecular complexity index is 591. The van der Waals surface area contributed by atoms with Crippen molar-refractivity contribution in [3.8, 4) is 0 Å². The molecule has 1 atom stereocenters. The Labute approximate surface area is 128 Å². The molecule has 1 N–H and O–H groups in total. The van der Waals surface area contributed by atoms with Crippen LogP contribution in [0.3, 0.4) is 0 Å². The van der Waals surface area contributed by atoms with Crippen LogP contribution in [0.1, 0.15) is 35.6 Å². The molecule has 112 valence electrons. The van der Waals surface area contributed by atoms with Gasteiger partial charge in [0.15, 0.2) is 0 Å². The van der Waals surface area contributed by atoms with E-state index in [1.165, 1.54) is 10.4 Å². The van der Waals surface area contributed by atoms with Crippen LogP contribution in [-0.4, -0.2) is 23.9 Å². The Kier molecular flexibility index (Phi) is 4.41. The van der Waals surface area contributed by atoms with Gasteiger partial charge >= 0.3 is 0 Å². The van der Waals surface area contributed by atoms with E-state index in [1.54, 1.807) is 6.26 Å². The van der Waals surface area contributed by atoms with Gasteiger partial charge in [-0.3, -0.25) is 9.69 Å². The monoisotopic (exact) mass is 304 g/mol. The van der Waals surface area contributed by atoms with Crippen molar-refractivity contribution in [2.45, 2.75) is 32.4 Å². The Morgan fingerprint density at radius 1 is 1.52 bits per heavy atom. The number of rotatable bonds is 5. The van der Waals surface area contributed by atoms with Crippen LogP contribution in [0.2, 0.25) is 0 Å². The summed E-state index contributed by atoms with van der Waals surface area (Å²) in [4.78, 5) is 15.9. The average Bonchev–Trinajstić information content (AvgIpc) is 3.16. The highest BCUT2D eigenvalue weighted by Gasteiger charge is 2.28. The van der Waals surface area contributed by atoms with E-state index in [0.29, 0.717) is 19.1 Å². The molecule has 2 aromatic heterocycles. The lowest BCUT2D eigenvalue weighted by Crippen LogP contribution is -2.42. The summed E-state index contributed by atoms with van der Waals surface area (Å²) in [7, 11) is 0. The van der Waals surface area contributed by atoms with Gasteiger partial charge in [0.2, 0.25) is 5.91 Å². The van der Waals surface area contributed by atoms with Crippen LogP contribution < -0.4 is 5.32 Å². The van der Waals surface area contributed by atoms with E-state index in [0.717, 1.165) is 25.1 Å². The summed E-state index contributed by atoms with van der Waals surface area (Å²) in [5, 5.41) is 5.08. The zero-order valence-corrected chi connectivity index (χ0v) is 13.0. The van der Waals surface area contributed by atoms with Gasteiger partial charge < -0.3 is 9.73 Å². The number of carbonyl (C=O) groups is 1. The molecule has 5 heteroatoms. The third-order valence-corrected chi connectivity index (χ3v) is 4.98. The fourth-order valence-electron chi connectivity index (χ4n) is 2.95. The minimum atomic E-state index is 0.0588. The van der Waals surface area contributed by atoms with Crippen LogP contribution in [0, 0.1) is 0 Å². The predicted molar refractivity (Wildman–Crippen MR) is 83.2 cm³/mol. The second-order valence-corrected chi connectivity index (χ2v) is 6.30. The van der Waals surface area contributed by atoms with Gasteiger partial charge in [0.1, 0.15) is 5.76 Å². The minimum Gasteiger partial charge on any atom is -0.467 e. The number of furan rings is 1. The van der Waals surface area contributed by atoms with Crippen molar-refractivity contribution in [1.82, 2.24) is 10.2 Å². The Hall–Kier alpha value is -1.59. The molecule has 0 saturated carbocycles. The molecule has 21 heavy (non-hydrogen) atoms. The third kappa shape index (κ3) is 3.19. The lowest BCUT2D eigenvalue weighted by atomic mass is 9.98. The molecule has 0 bridgehead atoms. The van der Waals surface area contributed by atoms with Gasteiger partial charge in [-0.2, -0.15) is 0 Å².